The molecular formula is C15H14BrClN2O2. The summed E-state index contributed by atoms with van der Waals surface area (Å²) in [6.07, 6.45) is 0. The number of hydrogen-bond acceptors (Lipinski definition) is 4. The molecule has 110 valence electrons. The van der Waals surface area contributed by atoms with E-state index in [0.29, 0.717) is 11.6 Å². The average molecular weight is 370 g/mol. The minimum absolute atomic E-state index is 0.0308. The molecule has 3 rings (SSSR count). The number of nitrogens with two attached hydrogens (primary N) is 1. The Bertz CT molecular complexity index is 666. The highest BCUT2D eigenvalue weighted by Gasteiger charge is 2.17. The van der Waals surface area contributed by atoms with Gasteiger partial charge in [0.05, 0.1) is 11.1 Å². The van der Waals surface area contributed by atoms with Gasteiger partial charge in [-0.25, -0.2) is 0 Å². The lowest BCUT2D eigenvalue weighted by Gasteiger charge is -2.19. The van der Waals surface area contributed by atoms with Crippen molar-refractivity contribution in [3.05, 3.63) is 51.5 Å². The number of fused-ring (bicyclic) bond motifs is 1. The van der Waals surface area contributed by atoms with E-state index < -0.39 is 0 Å². The molecule has 1 aliphatic rings. The Labute approximate surface area is 136 Å². The molecule has 1 aliphatic heterocycles. The van der Waals surface area contributed by atoms with Gasteiger partial charge >= 0.3 is 0 Å². The van der Waals surface area contributed by atoms with Gasteiger partial charge in [-0.1, -0.05) is 17.7 Å². The molecule has 0 amide bonds. The van der Waals surface area contributed by atoms with Crippen molar-refractivity contribution in [1.29, 1.82) is 0 Å². The lowest BCUT2D eigenvalue weighted by Crippen LogP contribution is -2.20. The Kier molecular flexibility index (Phi) is 4.24. The molecule has 0 aliphatic carbocycles. The molecule has 1 unspecified atom stereocenters. The first-order valence-electron chi connectivity index (χ1n) is 6.48. The van der Waals surface area contributed by atoms with Crippen LogP contribution in [0.25, 0.3) is 0 Å². The number of anilines is 1. The SMILES string of the molecule is NCC(Nc1ccc(Br)c(Cl)c1)c1ccc2c(c1)OCO2. The molecule has 3 N–H and O–H groups in total. The van der Waals surface area contributed by atoms with Crippen LogP contribution >= 0.6 is 27.5 Å². The lowest BCUT2D eigenvalue weighted by molar-refractivity contribution is 0.174. The Morgan fingerprint density at radius 3 is 2.76 bits per heavy atom. The van der Waals surface area contributed by atoms with Crippen LogP contribution in [0.2, 0.25) is 5.02 Å². The third-order valence-electron chi connectivity index (χ3n) is 3.30. The number of rotatable bonds is 4. The summed E-state index contributed by atoms with van der Waals surface area (Å²) in [6, 6.07) is 11.5. The van der Waals surface area contributed by atoms with Crippen LogP contribution in [0.15, 0.2) is 40.9 Å². The first kappa shape index (κ1) is 14.5. The molecule has 0 saturated carbocycles. The van der Waals surface area contributed by atoms with Crippen LogP contribution in [-0.2, 0) is 0 Å². The zero-order valence-corrected chi connectivity index (χ0v) is 13.4. The predicted octanol–water partition coefficient (Wildman–Crippen LogP) is 3.94. The van der Waals surface area contributed by atoms with Crippen molar-refractivity contribution in [3.63, 3.8) is 0 Å². The van der Waals surface area contributed by atoms with Crippen molar-refractivity contribution in [2.45, 2.75) is 6.04 Å². The van der Waals surface area contributed by atoms with E-state index in [1.54, 1.807) is 0 Å². The van der Waals surface area contributed by atoms with E-state index in [2.05, 4.69) is 21.2 Å². The summed E-state index contributed by atoms with van der Waals surface area (Å²) in [6.45, 7) is 0.717. The molecular weight excluding hydrogens is 356 g/mol. The smallest absolute Gasteiger partial charge is 0.231 e. The van der Waals surface area contributed by atoms with Gasteiger partial charge in [0.2, 0.25) is 6.79 Å². The summed E-state index contributed by atoms with van der Waals surface area (Å²) in [5.74, 6) is 1.52. The van der Waals surface area contributed by atoms with Gasteiger partial charge in [-0.2, -0.15) is 0 Å². The predicted molar refractivity (Wildman–Crippen MR) is 87.1 cm³/mol. The maximum absolute atomic E-state index is 6.11. The van der Waals surface area contributed by atoms with Crippen molar-refractivity contribution < 1.29 is 9.47 Å². The number of halogens is 2. The van der Waals surface area contributed by atoms with Gasteiger partial charge in [0.25, 0.3) is 0 Å². The Morgan fingerprint density at radius 2 is 2.00 bits per heavy atom. The number of ether oxygens (including phenoxy) is 2. The van der Waals surface area contributed by atoms with E-state index in [4.69, 9.17) is 26.8 Å². The van der Waals surface area contributed by atoms with E-state index in [9.17, 15) is 0 Å². The van der Waals surface area contributed by atoms with Crippen LogP contribution in [0.3, 0.4) is 0 Å². The van der Waals surface area contributed by atoms with Gasteiger partial charge in [0.1, 0.15) is 0 Å². The van der Waals surface area contributed by atoms with E-state index >= 15 is 0 Å². The third kappa shape index (κ3) is 3.10. The fourth-order valence-corrected chi connectivity index (χ4v) is 2.62. The monoisotopic (exact) mass is 368 g/mol. The maximum atomic E-state index is 6.11. The van der Waals surface area contributed by atoms with Crippen LogP contribution in [-0.4, -0.2) is 13.3 Å². The van der Waals surface area contributed by atoms with Gasteiger partial charge in [0.15, 0.2) is 11.5 Å². The van der Waals surface area contributed by atoms with Crippen LogP contribution in [0.5, 0.6) is 11.5 Å². The molecule has 2 aromatic rings. The molecule has 0 radical (unpaired) electrons. The number of benzene rings is 2. The maximum Gasteiger partial charge on any atom is 0.231 e. The van der Waals surface area contributed by atoms with Gasteiger partial charge in [-0.05, 0) is 51.8 Å². The average Bonchev–Trinajstić information content (AvgIpc) is 2.95. The molecule has 1 heterocycles. The standard InChI is InChI=1S/C15H14BrClN2O2/c16-11-3-2-10(6-12(11)17)19-13(7-18)9-1-4-14-15(5-9)21-8-20-14/h1-6,13,19H,7-8,18H2. The molecule has 4 nitrogen and oxygen atoms in total. The second-order valence-electron chi connectivity index (χ2n) is 4.67. The largest absolute Gasteiger partial charge is 0.454 e. The quantitative estimate of drug-likeness (QED) is 0.857. The Hall–Kier alpha value is -1.43. The third-order valence-corrected chi connectivity index (χ3v) is 4.53. The van der Waals surface area contributed by atoms with Crippen molar-refractivity contribution in [3.8, 4) is 11.5 Å². The summed E-state index contributed by atoms with van der Waals surface area (Å²) in [4.78, 5) is 0. The fourth-order valence-electron chi connectivity index (χ4n) is 2.20. The number of nitrogens with one attached hydrogen (secondary N) is 1. The van der Waals surface area contributed by atoms with Crippen molar-refractivity contribution >= 4 is 33.2 Å². The van der Waals surface area contributed by atoms with Crippen molar-refractivity contribution in [1.82, 2.24) is 0 Å². The summed E-state index contributed by atoms with van der Waals surface area (Å²) >= 11 is 9.49. The van der Waals surface area contributed by atoms with Gasteiger partial charge in [-0.3, -0.25) is 0 Å². The normalized spacial score (nSPS) is 14.0. The first-order chi connectivity index (χ1) is 10.2. The zero-order valence-electron chi connectivity index (χ0n) is 11.1. The molecule has 6 heteroatoms. The fraction of sp³-hybridized carbons (Fsp3) is 0.200. The van der Waals surface area contributed by atoms with Crippen LogP contribution in [0.4, 0.5) is 5.69 Å². The minimum Gasteiger partial charge on any atom is -0.454 e. The molecule has 1 atom stereocenters. The van der Waals surface area contributed by atoms with E-state index in [0.717, 1.165) is 27.2 Å². The summed E-state index contributed by atoms with van der Waals surface area (Å²) in [5.41, 5.74) is 7.84. The van der Waals surface area contributed by atoms with Crippen LogP contribution < -0.4 is 20.5 Å². The minimum atomic E-state index is -0.0308. The highest BCUT2D eigenvalue weighted by molar-refractivity contribution is 9.10. The van der Waals surface area contributed by atoms with E-state index in [1.165, 1.54) is 0 Å². The highest BCUT2D eigenvalue weighted by atomic mass is 79.9. The second kappa shape index (κ2) is 6.13. The van der Waals surface area contributed by atoms with Gasteiger partial charge < -0.3 is 20.5 Å². The molecule has 0 fully saturated rings. The summed E-state index contributed by atoms with van der Waals surface area (Å²) < 4.78 is 11.6. The highest BCUT2D eigenvalue weighted by Crippen LogP contribution is 2.35. The zero-order chi connectivity index (χ0) is 14.8. The second-order valence-corrected chi connectivity index (χ2v) is 5.94. The van der Waals surface area contributed by atoms with Gasteiger partial charge in [-0.15, -0.1) is 0 Å². The molecule has 0 spiro atoms. The molecule has 21 heavy (non-hydrogen) atoms. The summed E-state index contributed by atoms with van der Waals surface area (Å²) in [5, 5.41) is 4.03. The van der Waals surface area contributed by atoms with E-state index in [-0.39, 0.29) is 12.8 Å². The number of hydrogen-bond donors (Lipinski definition) is 2. The Balaban J connectivity index is 1.83. The van der Waals surface area contributed by atoms with Crippen LogP contribution in [0.1, 0.15) is 11.6 Å². The van der Waals surface area contributed by atoms with Crippen molar-refractivity contribution in [2.75, 3.05) is 18.7 Å². The van der Waals surface area contributed by atoms with Crippen LogP contribution in [0, 0.1) is 0 Å². The molecule has 0 aromatic heterocycles. The Morgan fingerprint density at radius 1 is 1.19 bits per heavy atom. The van der Waals surface area contributed by atoms with E-state index in [1.807, 2.05) is 36.4 Å². The van der Waals surface area contributed by atoms with Gasteiger partial charge in [0, 0.05) is 16.7 Å². The molecule has 0 bridgehead atoms. The summed E-state index contributed by atoms with van der Waals surface area (Å²) in [7, 11) is 0. The first-order valence-corrected chi connectivity index (χ1v) is 7.65. The lowest BCUT2D eigenvalue weighted by atomic mass is 10.1. The molecule has 2 aromatic carbocycles. The van der Waals surface area contributed by atoms with Crippen molar-refractivity contribution in [2.24, 2.45) is 5.73 Å². The topological polar surface area (TPSA) is 56.5 Å². The molecule has 0 saturated heterocycles.